The number of aromatic nitrogens is 2. The fourth-order valence-corrected chi connectivity index (χ4v) is 3.88. The maximum atomic E-state index is 12.6. The van der Waals surface area contributed by atoms with Crippen LogP contribution in [0, 0.1) is 0 Å². The SMILES string of the molecule is CCOC(=O)CCCN(C)CC=CC(=O)Nc1cc2c(Nc3cccc(Br)c3)ncnc2cc1OC. The number of methoxy groups -OCH3 is 1. The van der Waals surface area contributed by atoms with Crippen LogP contribution >= 0.6 is 15.9 Å². The third kappa shape index (κ3) is 8.03. The summed E-state index contributed by atoms with van der Waals surface area (Å²) in [6, 6.07) is 11.3. The van der Waals surface area contributed by atoms with Crippen molar-refractivity contribution in [3.63, 3.8) is 0 Å². The van der Waals surface area contributed by atoms with E-state index < -0.39 is 0 Å². The van der Waals surface area contributed by atoms with Gasteiger partial charge < -0.3 is 25.0 Å². The number of esters is 1. The highest BCUT2D eigenvalue weighted by atomic mass is 79.9. The summed E-state index contributed by atoms with van der Waals surface area (Å²) in [6.07, 6.45) is 5.81. The number of fused-ring (bicyclic) bond motifs is 1. The standard InChI is InChI=1S/C26H30BrN5O4/c1-4-36-25(34)11-7-13-32(2)12-6-10-24(33)31-22-15-20-21(16-23(22)35-3)28-17-29-26(20)30-19-9-5-8-18(27)14-19/h5-6,8-10,14-17H,4,7,11-13H2,1-3H3,(H,31,33)(H,28,29,30). The van der Waals surface area contributed by atoms with Gasteiger partial charge in [0, 0.05) is 40.7 Å². The van der Waals surface area contributed by atoms with Gasteiger partial charge in [-0.2, -0.15) is 0 Å². The maximum Gasteiger partial charge on any atom is 0.305 e. The number of halogens is 1. The minimum Gasteiger partial charge on any atom is -0.494 e. The molecule has 3 aromatic rings. The number of carbonyl (C=O) groups is 2. The topological polar surface area (TPSA) is 106 Å². The average molecular weight is 556 g/mol. The van der Waals surface area contributed by atoms with E-state index in [1.165, 1.54) is 12.4 Å². The number of rotatable bonds is 12. The molecule has 0 aliphatic rings. The van der Waals surface area contributed by atoms with Crippen LogP contribution in [0.5, 0.6) is 5.75 Å². The van der Waals surface area contributed by atoms with Crippen molar-refractivity contribution in [2.75, 3.05) is 44.5 Å². The number of nitrogens with zero attached hydrogens (tertiary/aromatic N) is 3. The molecule has 0 radical (unpaired) electrons. The van der Waals surface area contributed by atoms with Gasteiger partial charge in [0.05, 0.1) is 24.9 Å². The smallest absolute Gasteiger partial charge is 0.305 e. The van der Waals surface area contributed by atoms with E-state index in [0.717, 1.165) is 22.1 Å². The number of likely N-dealkylation sites (N-methyl/N-ethyl adjacent to an activating group) is 1. The van der Waals surface area contributed by atoms with E-state index in [9.17, 15) is 9.59 Å². The summed E-state index contributed by atoms with van der Waals surface area (Å²) in [5.41, 5.74) is 2.05. The zero-order valence-corrected chi connectivity index (χ0v) is 22.2. The largest absolute Gasteiger partial charge is 0.494 e. The Morgan fingerprint density at radius 3 is 2.78 bits per heavy atom. The van der Waals surface area contributed by atoms with Crippen molar-refractivity contribution in [1.82, 2.24) is 14.9 Å². The van der Waals surface area contributed by atoms with Crippen LogP contribution in [0.3, 0.4) is 0 Å². The normalized spacial score (nSPS) is 11.1. The molecule has 190 valence electrons. The highest BCUT2D eigenvalue weighted by Gasteiger charge is 2.12. The lowest BCUT2D eigenvalue weighted by Gasteiger charge is -2.14. The Hall–Kier alpha value is -3.50. The number of benzene rings is 2. The fourth-order valence-electron chi connectivity index (χ4n) is 3.48. The zero-order chi connectivity index (χ0) is 25.9. The van der Waals surface area contributed by atoms with Crippen molar-refractivity contribution in [3.8, 4) is 5.75 Å². The van der Waals surface area contributed by atoms with E-state index in [0.29, 0.717) is 48.8 Å². The Balaban J connectivity index is 1.66. The Morgan fingerprint density at radius 1 is 1.19 bits per heavy atom. The predicted molar refractivity (Wildman–Crippen MR) is 145 cm³/mol. The Morgan fingerprint density at radius 2 is 2.03 bits per heavy atom. The van der Waals surface area contributed by atoms with Gasteiger partial charge in [0.2, 0.25) is 5.91 Å². The molecular formula is C26H30BrN5O4. The molecule has 0 fully saturated rings. The predicted octanol–water partition coefficient (Wildman–Crippen LogP) is 4.91. The lowest BCUT2D eigenvalue weighted by atomic mass is 10.2. The molecule has 1 heterocycles. The number of hydrogen-bond acceptors (Lipinski definition) is 8. The second-order valence-corrected chi connectivity index (χ2v) is 8.91. The van der Waals surface area contributed by atoms with Crippen LogP contribution in [0.2, 0.25) is 0 Å². The molecule has 9 nitrogen and oxygen atoms in total. The molecule has 0 saturated carbocycles. The van der Waals surface area contributed by atoms with Gasteiger partial charge in [-0.1, -0.05) is 28.1 Å². The van der Waals surface area contributed by atoms with Crippen LogP contribution in [-0.2, 0) is 14.3 Å². The molecule has 10 heteroatoms. The highest BCUT2D eigenvalue weighted by Crippen LogP contribution is 2.33. The van der Waals surface area contributed by atoms with Gasteiger partial charge in [-0.25, -0.2) is 9.97 Å². The van der Waals surface area contributed by atoms with Crippen LogP contribution in [0.4, 0.5) is 17.2 Å². The van der Waals surface area contributed by atoms with Gasteiger partial charge in [-0.05, 0) is 51.2 Å². The fraction of sp³-hybridized carbons (Fsp3) is 0.308. The van der Waals surface area contributed by atoms with Crippen molar-refractivity contribution in [2.24, 2.45) is 0 Å². The first-order valence-electron chi connectivity index (χ1n) is 11.6. The number of hydrogen-bond donors (Lipinski definition) is 2. The number of ether oxygens (including phenoxy) is 2. The minimum absolute atomic E-state index is 0.189. The van der Waals surface area contributed by atoms with E-state index in [-0.39, 0.29) is 11.9 Å². The summed E-state index contributed by atoms with van der Waals surface area (Å²) in [4.78, 5) is 34.8. The van der Waals surface area contributed by atoms with E-state index in [1.807, 2.05) is 36.2 Å². The van der Waals surface area contributed by atoms with Crippen LogP contribution in [0.1, 0.15) is 19.8 Å². The van der Waals surface area contributed by atoms with Crippen molar-refractivity contribution >= 4 is 55.9 Å². The molecule has 0 saturated heterocycles. The third-order valence-corrected chi connectivity index (χ3v) is 5.71. The number of anilines is 3. The molecule has 2 aromatic carbocycles. The first-order valence-corrected chi connectivity index (χ1v) is 12.4. The molecule has 0 spiro atoms. The van der Waals surface area contributed by atoms with Gasteiger partial charge in [-0.3, -0.25) is 9.59 Å². The van der Waals surface area contributed by atoms with E-state index in [1.54, 1.807) is 32.2 Å². The lowest BCUT2D eigenvalue weighted by Crippen LogP contribution is -2.21. The monoisotopic (exact) mass is 555 g/mol. The van der Waals surface area contributed by atoms with Gasteiger partial charge in [0.15, 0.2) is 0 Å². The van der Waals surface area contributed by atoms with Crippen molar-refractivity contribution in [1.29, 1.82) is 0 Å². The highest BCUT2D eigenvalue weighted by molar-refractivity contribution is 9.10. The Labute approximate surface area is 219 Å². The summed E-state index contributed by atoms with van der Waals surface area (Å²) < 4.78 is 11.4. The van der Waals surface area contributed by atoms with Gasteiger partial charge in [0.1, 0.15) is 17.9 Å². The first-order chi connectivity index (χ1) is 17.4. The molecule has 1 amide bonds. The average Bonchev–Trinajstić information content (AvgIpc) is 2.84. The maximum absolute atomic E-state index is 12.6. The second-order valence-electron chi connectivity index (χ2n) is 7.99. The molecule has 3 rings (SSSR count). The van der Waals surface area contributed by atoms with E-state index in [2.05, 4.69) is 36.5 Å². The van der Waals surface area contributed by atoms with Gasteiger partial charge >= 0.3 is 5.97 Å². The van der Waals surface area contributed by atoms with E-state index >= 15 is 0 Å². The van der Waals surface area contributed by atoms with Crippen molar-refractivity contribution in [2.45, 2.75) is 19.8 Å². The molecule has 0 aliphatic carbocycles. The summed E-state index contributed by atoms with van der Waals surface area (Å²) in [6.45, 7) is 3.47. The van der Waals surface area contributed by atoms with Crippen molar-refractivity contribution < 1.29 is 19.1 Å². The summed E-state index contributed by atoms with van der Waals surface area (Å²) in [5.74, 6) is 0.625. The molecule has 36 heavy (non-hydrogen) atoms. The second kappa shape index (κ2) is 13.6. The van der Waals surface area contributed by atoms with Gasteiger partial charge in [0.25, 0.3) is 0 Å². The summed E-state index contributed by atoms with van der Waals surface area (Å²) in [7, 11) is 3.47. The molecule has 0 aliphatic heterocycles. The minimum atomic E-state index is -0.286. The van der Waals surface area contributed by atoms with Crippen LogP contribution in [0.25, 0.3) is 10.9 Å². The van der Waals surface area contributed by atoms with Crippen molar-refractivity contribution in [3.05, 3.63) is 59.4 Å². The van der Waals surface area contributed by atoms with Crippen LogP contribution < -0.4 is 15.4 Å². The van der Waals surface area contributed by atoms with Crippen LogP contribution in [0.15, 0.2) is 59.4 Å². The Kier molecular flexibility index (Phi) is 10.2. The molecular weight excluding hydrogens is 526 g/mol. The lowest BCUT2D eigenvalue weighted by molar-refractivity contribution is -0.143. The quantitative estimate of drug-likeness (QED) is 0.240. The van der Waals surface area contributed by atoms with Crippen LogP contribution in [-0.4, -0.2) is 60.6 Å². The Bertz CT molecular complexity index is 1230. The summed E-state index contributed by atoms with van der Waals surface area (Å²) >= 11 is 3.47. The molecule has 2 N–H and O–H groups in total. The molecule has 0 bridgehead atoms. The molecule has 0 atom stereocenters. The number of carbonyl (C=O) groups excluding carboxylic acids is 2. The first kappa shape index (κ1) is 27.1. The third-order valence-electron chi connectivity index (χ3n) is 5.21. The summed E-state index contributed by atoms with van der Waals surface area (Å²) in [5, 5.41) is 6.91. The molecule has 1 aromatic heterocycles. The van der Waals surface area contributed by atoms with Gasteiger partial charge in [-0.15, -0.1) is 0 Å². The molecule has 0 unspecified atom stereocenters. The van der Waals surface area contributed by atoms with E-state index in [4.69, 9.17) is 9.47 Å². The number of amides is 1. The number of nitrogens with one attached hydrogen (secondary N) is 2. The zero-order valence-electron chi connectivity index (χ0n) is 20.6.